The predicted molar refractivity (Wildman–Crippen MR) is 62.8 cm³/mol. The molecule has 0 aromatic rings. The summed E-state index contributed by atoms with van der Waals surface area (Å²) < 4.78 is 9.54. The van der Waals surface area contributed by atoms with Crippen LogP contribution in [0, 0.1) is 5.92 Å². The SMILES string of the molecule is CCOC(=O)CCC(C(=O)OCC)C(N)=S. The Bertz CT molecular complexity index is 268. The highest BCUT2D eigenvalue weighted by Crippen LogP contribution is 2.10. The van der Waals surface area contributed by atoms with Crippen LogP contribution in [0.25, 0.3) is 0 Å². The second-order valence-electron chi connectivity index (χ2n) is 3.05. The number of carbonyl (C=O) groups excluding carboxylic acids is 2. The zero-order valence-electron chi connectivity index (χ0n) is 9.52. The number of ether oxygens (including phenoxy) is 2. The van der Waals surface area contributed by atoms with E-state index in [0.717, 1.165) is 0 Å². The van der Waals surface area contributed by atoms with E-state index in [9.17, 15) is 9.59 Å². The van der Waals surface area contributed by atoms with Crippen molar-refractivity contribution in [3.05, 3.63) is 0 Å². The molecule has 1 atom stereocenters. The molecule has 0 radical (unpaired) electrons. The Kier molecular flexibility index (Phi) is 7.45. The minimum absolute atomic E-state index is 0.0442. The van der Waals surface area contributed by atoms with E-state index in [2.05, 4.69) is 0 Å². The van der Waals surface area contributed by atoms with Crippen LogP contribution in [0.1, 0.15) is 26.7 Å². The molecule has 6 heteroatoms. The molecule has 5 nitrogen and oxygen atoms in total. The summed E-state index contributed by atoms with van der Waals surface area (Å²) in [7, 11) is 0. The average molecular weight is 247 g/mol. The molecule has 0 fully saturated rings. The standard InChI is InChI=1S/C10H17NO4S/c1-3-14-8(12)6-5-7(9(11)16)10(13)15-4-2/h7H,3-6H2,1-2H3,(H2,11,16). The second-order valence-corrected chi connectivity index (χ2v) is 3.52. The van der Waals surface area contributed by atoms with Crippen molar-refractivity contribution in [2.24, 2.45) is 11.7 Å². The van der Waals surface area contributed by atoms with Gasteiger partial charge in [-0.2, -0.15) is 0 Å². The van der Waals surface area contributed by atoms with Crippen molar-refractivity contribution >= 4 is 29.1 Å². The van der Waals surface area contributed by atoms with Crippen LogP contribution in [0.15, 0.2) is 0 Å². The van der Waals surface area contributed by atoms with Gasteiger partial charge >= 0.3 is 11.9 Å². The molecular formula is C10H17NO4S. The molecular weight excluding hydrogens is 230 g/mol. The van der Waals surface area contributed by atoms with Gasteiger partial charge in [-0.25, -0.2) is 0 Å². The van der Waals surface area contributed by atoms with Gasteiger partial charge in [0.2, 0.25) is 0 Å². The Labute approximate surface area is 100 Å². The molecule has 0 aliphatic carbocycles. The Morgan fingerprint density at radius 2 is 1.81 bits per heavy atom. The molecule has 16 heavy (non-hydrogen) atoms. The molecule has 0 amide bonds. The van der Waals surface area contributed by atoms with Crippen molar-refractivity contribution in [3.63, 3.8) is 0 Å². The van der Waals surface area contributed by atoms with Crippen molar-refractivity contribution in [1.29, 1.82) is 0 Å². The van der Waals surface area contributed by atoms with E-state index < -0.39 is 11.9 Å². The van der Waals surface area contributed by atoms with Gasteiger partial charge in [-0.1, -0.05) is 12.2 Å². The highest BCUT2D eigenvalue weighted by Gasteiger charge is 2.23. The number of hydrogen-bond acceptors (Lipinski definition) is 5. The zero-order valence-corrected chi connectivity index (χ0v) is 10.3. The third-order valence-corrected chi connectivity index (χ3v) is 2.14. The van der Waals surface area contributed by atoms with E-state index in [4.69, 9.17) is 27.4 Å². The number of hydrogen-bond donors (Lipinski definition) is 1. The van der Waals surface area contributed by atoms with Gasteiger partial charge < -0.3 is 15.2 Å². The summed E-state index contributed by atoms with van der Waals surface area (Å²) in [5, 5.41) is 0. The Hall–Kier alpha value is -1.17. The van der Waals surface area contributed by atoms with Crippen LogP contribution >= 0.6 is 12.2 Å². The third kappa shape index (κ3) is 5.65. The molecule has 92 valence electrons. The van der Waals surface area contributed by atoms with Crippen LogP contribution in [-0.4, -0.2) is 30.1 Å². The summed E-state index contributed by atoms with van der Waals surface area (Å²) in [6.45, 7) is 3.99. The van der Waals surface area contributed by atoms with Crippen LogP contribution in [-0.2, 0) is 19.1 Å². The van der Waals surface area contributed by atoms with Gasteiger partial charge in [0.05, 0.1) is 18.2 Å². The monoisotopic (exact) mass is 247 g/mol. The summed E-state index contributed by atoms with van der Waals surface area (Å²) in [5.74, 6) is -1.56. The van der Waals surface area contributed by atoms with Gasteiger partial charge in [-0.05, 0) is 20.3 Å². The number of esters is 2. The lowest BCUT2D eigenvalue weighted by Gasteiger charge is -2.13. The van der Waals surface area contributed by atoms with Gasteiger partial charge in [0.25, 0.3) is 0 Å². The van der Waals surface area contributed by atoms with Crippen LogP contribution in [0.2, 0.25) is 0 Å². The molecule has 0 aromatic carbocycles. The van der Waals surface area contributed by atoms with E-state index in [0.29, 0.717) is 6.61 Å². The summed E-state index contributed by atoms with van der Waals surface area (Å²) in [6.07, 6.45) is 0.335. The Morgan fingerprint density at radius 3 is 2.25 bits per heavy atom. The van der Waals surface area contributed by atoms with Crippen molar-refractivity contribution in [1.82, 2.24) is 0 Å². The predicted octanol–water partition coefficient (Wildman–Crippen LogP) is 0.795. The van der Waals surface area contributed by atoms with Crippen LogP contribution in [0.5, 0.6) is 0 Å². The van der Waals surface area contributed by atoms with Gasteiger partial charge in [-0.3, -0.25) is 9.59 Å². The number of rotatable bonds is 7. The fourth-order valence-electron chi connectivity index (χ4n) is 1.11. The third-order valence-electron chi connectivity index (χ3n) is 1.86. The molecule has 0 bridgehead atoms. The molecule has 0 spiro atoms. The molecule has 0 saturated heterocycles. The fraction of sp³-hybridized carbons (Fsp3) is 0.700. The van der Waals surface area contributed by atoms with Crippen LogP contribution in [0.3, 0.4) is 0 Å². The highest BCUT2D eigenvalue weighted by molar-refractivity contribution is 7.80. The largest absolute Gasteiger partial charge is 0.466 e. The van der Waals surface area contributed by atoms with E-state index in [1.54, 1.807) is 13.8 Å². The summed E-state index contributed by atoms with van der Waals surface area (Å²) >= 11 is 4.75. The van der Waals surface area contributed by atoms with Crippen molar-refractivity contribution in [2.75, 3.05) is 13.2 Å². The van der Waals surface area contributed by atoms with E-state index in [-0.39, 0.29) is 30.4 Å². The maximum absolute atomic E-state index is 11.4. The Morgan fingerprint density at radius 1 is 1.25 bits per heavy atom. The fourth-order valence-corrected chi connectivity index (χ4v) is 1.33. The van der Waals surface area contributed by atoms with Crippen LogP contribution in [0.4, 0.5) is 0 Å². The smallest absolute Gasteiger partial charge is 0.315 e. The minimum atomic E-state index is -0.709. The van der Waals surface area contributed by atoms with Gasteiger partial charge in [0, 0.05) is 6.42 Å². The van der Waals surface area contributed by atoms with Crippen molar-refractivity contribution in [2.45, 2.75) is 26.7 Å². The molecule has 0 heterocycles. The van der Waals surface area contributed by atoms with E-state index in [1.807, 2.05) is 0 Å². The number of carbonyl (C=O) groups is 2. The lowest BCUT2D eigenvalue weighted by Crippen LogP contribution is -2.31. The first-order valence-corrected chi connectivity index (χ1v) is 5.55. The zero-order chi connectivity index (χ0) is 12.6. The summed E-state index contributed by atoms with van der Waals surface area (Å²) in [4.78, 5) is 22.5. The lowest BCUT2D eigenvalue weighted by molar-refractivity contribution is -0.146. The minimum Gasteiger partial charge on any atom is -0.466 e. The topological polar surface area (TPSA) is 78.6 Å². The molecule has 1 unspecified atom stereocenters. The van der Waals surface area contributed by atoms with Crippen molar-refractivity contribution < 1.29 is 19.1 Å². The second kappa shape index (κ2) is 8.04. The first kappa shape index (κ1) is 14.8. The number of nitrogens with two attached hydrogens (primary N) is 1. The quantitative estimate of drug-likeness (QED) is 0.529. The number of thiocarbonyl (C=S) groups is 1. The summed E-state index contributed by atoms with van der Waals surface area (Å²) in [5.41, 5.74) is 5.41. The molecule has 0 aliphatic heterocycles. The molecule has 2 N–H and O–H groups in total. The lowest BCUT2D eigenvalue weighted by atomic mass is 10.0. The van der Waals surface area contributed by atoms with E-state index in [1.165, 1.54) is 0 Å². The first-order valence-electron chi connectivity index (χ1n) is 5.14. The normalized spacial score (nSPS) is 11.6. The van der Waals surface area contributed by atoms with Crippen LogP contribution < -0.4 is 5.73 Å². The van der Waals surface area contributed by atoms with Gasteiger partial charge in [0.15, 0.2) is 0 Å². The molecule has 0 saturated carbocycles. The molecule has 0 rings (SSSR count). The Balaban J connectivity index is 4.19. The maximum Gasteiger partial charge on any atom is 0.315 e. The molecule has 0 aliphatic rings. The maximum atomic E-state index is 11.4. The average Bonchev–Trinajstić information content (AvgIpc) is 2.18. The first-order chi connectivity index (χ1) is 7.52. The molecule has 0 aromatic heterocycles. The van der Waals surface area contributed by atoms with Gasteiger partial charge in [-0.15, -0.1) is 0 Å². The highest BCUT2D eigenvalue weighted by atomic mass is 32.1. The van der Waals surface area contributed by atoms with E-state index >= 15 is 0 Å². The van der Waals surface area contributed by atoms with Crippen molar-refractivity contribution in [3.8, 4) is 0 Å². The summed E-state index contributed by atoms with van der Waals surface area (Å²) in [6, 6.07) is 0. The van der Waals surface area contributed by atoms with Gasteiger partial charge in [0.1, 0.15) is 5.92 Å².